The largest absolute Gasteiger partial charge is 0.338 e. The minimum absolute atomic E-state index is 0.0247. The van der Waals surface area contributed by atoms with E-state index in [1.54, 1.807) is 11.3 Å². The van der Waals surface area contributed by atoms with E-state index in [4.69, 9.17) is 0 Å². The van der Waals surface area contributed by atoms with E-state index in [1.165, 1.54) is 11.1 Å². The van der Waals surface area contributed by atoms with E-state index in [1.807, 2.05) is 51.6 Å². The molecule has 3 aromatic rings. The minimum atomic E-state index is -0.405. The highest BCUT2D eigenvalue weighted by Crippen LogP contribution is 2.45. The molecule has 5 rings (SSSR count). The third-order valence-corrected chi connectivity index (χ3v) is 7.71. The van der Waals surface area contributed by atoms with Gasteiger partial charge in [-0.3, -0.25) is 9.59 Å². The highest BCUT2D eigenvalue weighted by atomic mass is 32.1. The van der Waals surface area contributed by atoms with Crippen molar-refractivity contribution in [2.45, 2.75) is 32.2 Å². The van der Waals surface area contributed by atoms with Crippen molar-refractivity contribution in [3.05, 3.63) is 99.8 Å². The molecule has 0 bridgehead atoms. The van der Waals surface area contributed by atoms with Crippen LogP contribution in [-0.4, -0.2) is 41.2 Å². The van der Waals surface area contributed by atoms with Gasteiger partial charge in [-0.15, -0.1) is 11.3 Å². The number of hydrogen-bond acceptors (Lipinski definition) is 3. The van der Waals surface area contributed by atoms with Crippen LogP contribution in [0.4, 0.5) is 0 Å². The van der Waals surface area contributed by atoms with Crippen LogP contribution >= 0.6 is 11.3 Å². The minimum Gasteiger partial charge on any atom is -0.338 e. The van der Waals surface area contributed by atoms with Gasteiger partial charge in [0, 0.05) is 30.1 Å². The first kappa shape index (κ1) is 22.6. The topological polar surface area (TPSA) is 40.6 Å². The van der Waals surface area contributed by atoms with Crippen LogP contribution in [0.2, 0.25) is 0 Å². The van der Waals surface area contributed by atoms with Crippen LogP contribution in [0, 0.1) is 5.92 Å². The zero-order valence-electron chi connectivity index (χ0n) is 19.7. The second-order valence-electron chi connectivity index (χ2n) is 9.51. The molecule has 4 nitrogen and oxygen atoms in total. The molecule has 0 saturated carbocycles. The monoisotopic (exact) mass is 470 g/mol. The van der Waals surface area contributed by atoms with Gasteiger partial charge in [0.15, 0.2) is 0 Å². The van der Waals surface area contributed by atoms with Gasteiger partial charge >= 0.3 is 0 Å². The summed E-state index contributed by atoms with van der Waals surface area (Å²) in [7, 11) is 0. The Morgan fingerprint density at radius 1 is 1.03 bits per heavy atom. The van der Waals surface area contributed by atoms with Crippen molar-refractivity contribution in [3.8, 4) is 0 Å². The second-order valence-corrected chi connectivity index (χ2v) is 10.5. The first-order chi connectivity index (χ1) is 16.5. The fourth-order valence-electron chi connectivity index (χ4n) is 5.21. The maximum atomic E-state index is 14.2. The van der Waals surface area contributed by atoms with Crippen LogP contribution in [0.15, 0.2) is 78.2 Å². The number of carbonyl (C=O) groups is 2. The Hall–Kier alpha value is -3.18. The summed E-state index contributed by atoms with van der Waals surface area (Å²) >= 11 is 1.63. The Morgan fingerprint density at radius 3 is 2.47 bits per heavy atom. The fourth-order valence-corrected chi connectivity index (χ4v) is 6.08. The van der Waals surface area contributed by atoms with Crippen molar-refractivity contribution in [1.82, 2.24) is 9.80 Å². The van der Waals surface area contributed by atoms with E-state index in [-0.39, 0.29) is 17.9 Å². The molecule has 1 aromatic heterocycles. The molecule has 2 atom stereocenters. The van der Waals surface area contributed by atoms with Crippen LogP contribution < -0.4 is 0 Å². The predicted octanol–water partition coefficient (Wildman–Crippen LogP) is 6.00. The number of fused-ring (bicyclic) bond motifs is 1. The molecular formula is C29H30N2O2S. The number of hydrogen-bond donors (Lipinski definition) is 0. The molecule has 0 spiro atoms. The first-order valence-corrected chi connectivity index (χ1v) is 12.9. The van der Waals surface area contributed by atoms with Crippen LogP contribution in [0.3, 0.4) is 0 Å². The second kappa shape index (κ2) is 9.59. The predicted molar refractivity (Wildman–Crippen MR) is 138 cm³/mol. The number of carbonyl (C=O) groups excluding carboxylic acids is 2. The lowest BCUT2D eigenvalue weighted by molar-refractivity contribution is -0.134. The summed E-state index contributed by atoms with van der Waals surface area (Å²) in [6.45, 7) is 6.15. The van der Waals surface area contributed by atoms with Gasteiger partial charge in [-0.25, -0.2) is 0 Å². The molecule has 0 fully saturated rings. The molecule has 2 aliphatic rings. The van der Waals surface area contributed by atoms with Crippen LogP contribution in [0.25, 0.3) is 5.57 Å². The number of amides is 2. The third-order valence-electron chi connectivity index (χ3n) is 6.77. The number of benzene rings is 2. The van der Waals surface area contributed by atoms with Gasteiger partial charge < -0.3 is 9.80 Å². The maximum Gasteiger partial charge on any atom is 0.254 e. The van der Waals surface area contributed by atoms with Crippen molar-refractivity contribution in [3.63, 3.8) is 0 Å². The quantitative estimate of drug-likeness (QED) is 0.459. The van der Waals surface area contributed by atoms with Crippen molar-refractivity contribution >= 4 is 28.7 Å². The lowest BCUT2D eigenvalue weighted by atomic mass is 9.80. The SMILES string of the molecule is CC(C)CN1C(=O)c2ccccc2C(C(=O)N2CC=C(c3ccccc3)CC2)C1c1cccs1. The van der Waals surface area contributed by atoms with E-state index in [9.17, 15) is 9.59 Å². The molecule has 0 saturated heterocycles. The molecule has 2 aliphatic heterocycles. The van der Waals surface area contributed by atoms with Gasteiger partial charge in [-0.1, -0.05) is 74.5 Å². The molecule has 2 aromatic carbocycles. The normalized spacial score (nSPS) is 20.3. The number of nitrogens with zero attached hydrogens (tertiary/aromatic N) is 2. The van der Waals surface area contributed by atoms with Crippen molar-refractivity contribution in [2.75, 3.05) is 19.6 Å². The average Bonchev–Trinajstić information content (AvgIpc) is 3.40. The summed E-state index contributed by atoms with van der Waals surface area (Å²) in [6, 6.07) is 21.9. The Labute approximate surface area is 205 Å². The van der Waals surface area contributed by atoms with E-state index in [2.05, 4.69) is 50.3 Å². The Bertz CT molecular complexity index is 1200. The zero-order chi connectivity index (χ0) is 23.7. The number of rotatable bonds is 5. The van der Waals surface area contributed by atoms with E-state index in [0.717, 1.165) is 16.9 Å². The molecule has 2 unspecified atom stereocenters. The molecule has 34 heavy (non-hydrogen) atoms. The molecule has 0 N–H and O–H groups in total. The highest BCUT2D eigenvalue weighted by molar-refractivity contribution is 7.10. The molecule has 3 heterocycles. The molecule has 174 valence electrons. The lowest BCUT2D eigenvalue weighted by Gasteiger charge is -2.43. The van der Waals surface area contributed by atoms with E-state index < -0.39 is 5.92 Å². The fraction of sp³-hybridized carbons (Fsp3) is 0.310. The van der Waals surface area contributed by atoms with Gasteiger partial charge in [0.25, 0.3) is 5.91 Å². The average molecular weight is 471 g/mol. The van der Waals surface area contributed by atoms with Gasteiger partial charge in [0.05, 0.1) is 12.0 Å². The Kier molecular flexibility index (Phi) is 6.38. The van der Waals surface area contributed by atoms with Crippen molar-refractivity contribution in [2.24, 2.45) is 5.92 Å². The van der Waals surface area contributed by atoms with Crippen LogP contribution in [-0.2, 0) is 4.79 Å². The molecule has 5 heteroatoms. The Balaban J connectivity index is 1.52. The molecular weight excluding hydrogens is 440 g/mol. The summed E-state index contributed by atoms with van der Waals surface area (Å²) in [5.74, 6) is 0.0314. The van der Waals surface area contributed by atoms with Gasteiger partial charge in [-0.2, -0.15) is 0 Å². The van der Waals surface area contributed by atoms with Crippen molar-refractivity contribution in [1.29, 1.82) is 0 Å². The molecule has 2 amide bonds. The third kappa shape index (κ3) is 4.21. The maximum absolute atomic E-state index is 14.2. The summed E-state index contributed by atoms with van der Waals surface area (Å²) in [5.41, 5.74) is 4.03. The first-order valence-electron chi connectivity index (χ1n) is 12.0. The van der Waals surface area contributed by atoms with Crippen LogP contribution in [0.5, 0.6) is 0 Å². The number of thiophene rings is 1. The zero-order valence-corrected chi connectivity index (χ0v) is 20.5. The summed E-state index contributed by atoms with van der Waals surface area (Å²) < 4.78 is 0. The Morgan fingerprint density at radius 2 is 1.79 bits per heavy atom. The smallest absolute Gasteiger partial charge is 0.254 e. The summed E-state index contributed by atoms with van der Waals surface area (Å²) in [5, 5.41) is 2.03. The summed E-state index contributed by atoms with van der Waals surface area (Å²) in [4.78, 5) is 32.7. The van der Waals surface area contributed by atoms with Crippen LogP contribution in [0.1, 0.15) is 58.6 Å². The highest BCUT2D eigenvalue weighted by Gasteiger charge is 2.46. The molecule has 0 aliphatic carbocycles. The molecule has 0 radical (unpaired) electrons. The standard InChI is InChI=1S/C29H30N2O2S/c1-20(2)19-31-27(25-13-8-18-34-25)26(23-11-6-7-12-24(23)28(31)32)29(33)30-16-14-22(15-17-30)21-9-4-3-5-10-21/h3-14,18,20,26-27H,15-17,19H2,1-2H3. The van der Waals surface area contributed by atoms with E-state index >= 15 is 0 Å². The lowest BCUT2D eigenvalue weighted by Crippen LogP contribution is -2.49. The summed E-state index contributed by atoms with van der Waals surface area (Å²) in [6.07, 6.45) is 3.02. The van der Waals surface area contributed by atoms with Gasteiger partial charge in [0.1, 0.15) is 0 Å². The van der Waals surface area contributed by atoms with Crippen molar-refractivity contribution < 1.29 is 9.59 Å². The van der Waals surface area contributed by atoms with Gasteiger partial charge in [-0.05, 0) is 46.6 Å². The van der Waals surface area contributed by atoms with Gasteiger partial charge in [0.2, 0.25) is 5.91 Å². The van der Waals surface area contributed by atoms with E-state index in [0.29, 0.717) is 31.1 Å².